The van der Waals surface area contributed by atoms with Crippen LogP contribution in [0, 0.1) is 11.6 Å². The third-order valence-corrected chi connectivity index (χ3v) is 2.91. The summed E-state index contributed by atoms with van der Waals surface area (Å²) in [5.74, 6) is -2.10. The highest BCUT2D eigenvalue weighted by Gasteiger charge is 2.18. The fourth-order valence-corrected chi connectivity index (χ4v) is 2.19. The van der Waals surface area contributed by atoms with E-state index >= 15 is 0 Å². The van der Waals surface area contributed by atoms with Crippen molar-refractivity contribution in [1.29, 1.82) is 0 Å². The van der Waals surface area contributed by atoms with Crippen molar-refractivity contribution in [2.45, 2.75) is 6.10 Å². The van der Waals surface area contributed by atoms with Crippen LogP contribution in [0.5, 0.6) is 0 Å². The summed E-state index contributed by atoms with van der Waals surface area (Å²) in [6.07, 6.45) is -1.32. The van der Waals surface area contributed by atoms with Crippen LogP contribution in [0.4, 0.5) is 8.78 Å². The molecule has 94 valence electrons. The third kappa shape index (κ3) is 2.64. The zero-order chi connectivity index (χ0) is 13.3. The number of benzene rings is 2. The molecule has 0 aliphatic heterocycles. The Balaban J connectivity index is 2.47. The number of aliphatic hydroxyl groups is 1. The molecule has 0 amide bonds. The Morgan fingerprint density at radius 1 is 1.00 bits per heavy atom. The molecular weight excluding hydrogens is 281 g/mol. The monoisotopic (exact) mass is 288 g/mol. The first-order valence-corrected chi connectivity index (χ1v) is 5.82. The standard InChI is InChI=1S/C13H8Cl2F2O/c14-8-4-7(5-9(15)6-8)13(18)10-2-1-3-11(16)12(10)17/h1-6,13,18H. The lowest BCUT2D eigenvalue weighted by molar-refractivity contribution is 0.213. The molecule has 0 radical (unpaired) electrons. The van der Waals surface area contributed by atoms with Gasteiger partial charge in [-0.15, -0.1) is 0 Å². The second-order valence-electron chi connectivity index (χ2n) is 3.75. The maximum Gasteiger partial charge on any atom is 0.164 e. The van der Waals surface area contributed by atoms with Crippen molar-refractivity contribution in [2.75, 3.05) is 0 Å². The van der Waals surface area contributed by atoms with Gasteiger partial charge in [-0.25, -0.2) is 8.78 Å². The van der Waals surface area contributed by atoms with E-state index in [1.807, 2.05) is 0 Å². The van der Waals surface area contributed by atoms with E-state index in [-0.39, 0.29) is 5.56 Å². The summed E-state index contributed by atoms with van der Waals surface area (Å²) in [5.41, 5.74) is 0.144. The van der Waals surface area contributed by atoms with Gasteiger partial charge in [0.05, 0.1) is 0 Å². The minimum absolute atomic E-state index is 0.159. The van der Waals surface area contributed by atoms with E-state index in [0.29, 0.717) is 15.6 Å². The van der Waals surface area contributed by atoms with Gasteiger partial charge in [-0.2, -0.15) is 0 Å². The lowest BCUT2D eigenvalue weighted by atomic mass is 10.0. The molecule has 0 bridgehead atoms. The minimum atomic E-state index is -1.32. The first-order chi connectivity index (χ1) is 8.49. The highest BCUT2D eigenvalue weighted by Crippen LogP contribution is 2.29. The molecule has 0 aliphatic carbocycles. The summed E-state index contributed by atoms with van der Waals surface area (Å²) in [4.78, 5) is 0. The molecule has 18 heavy (non-hydrogen) atoms. The Morgan fingerprint density at radius 3 is 2.22 bits per heavy atom. The summed E-state index contributed by atoms with van der Waals surface area (Å²) in [6.45, 7) is 0. The molecule has 0 spiro atoms. The zero-order valence-electron chi connectivity index (χ0n) is 9.00. The smallest absolute Gasteiger partial charge is 0.164 e. The normalized spacial score (nSPS) is 12.5. The molecule has 1 N–H and O–H groups in total. The lowest BCUT2D eigenvalue weighted by Gasteiger charge is -2.13. The topological polar surface area (TPSA) is 20.2 Å². The molecule has 1 unspecified atom stereocenters. The van der Waals surface area contributed by atoms with E-state index in [0.717, 1.165) is 6.07 Å². The largest absolute Gasteiger partial charge is 0.384 e. The average molecular weight is 289 g/mol. The van der Waals surface area contributed by atoms with Gasteiger partial charge >= 0.3 is 0 Å². The van der Waals surface area contributed by atoms with Crippen molar-refractivity contribution in [1.82, 2.24) is 0 Å². The van der Waals surface area contributed by atoms with Crippen molar-refractivity contribution < 1.29 is 13.9 Å². The van der Waals surface area contributed by atoms with Gasteiger partial charge < -0.3 is 5.11 Å². The number of aliphatic hydroxyl groups excluding tert-OH is 1. The van der Waals surface area contributed by atoms with Crippen LogP contribution in [0.1, 0.15) is 17.2 Å². The molecule has 1 nitrogen and oxygen atoms in total. The summed E-state index contributed by atoms with van der Waals surface area (Å²) in [5, 5.41) is 10.6. The second kappa shape index (κ2) is 5.22. The van der Waals surface area contributed by atoms with Crippen LogP contribution in [-0.4, -0.2) is 5.11 Å². The van der Waals surface area contributed by atoms with E-state index in [1.54, 1.807) is 0 Å². The van der Waals surface area contributed by atoms with Crippen LogP contribution in [-0.2, 0) is 0 Å². The van der Waals surface area contributed by atoms with Crippen molar-refractivity contribution in [2.24, 2.45) is 0 Å². The molecule has 2 rings (SSSR count). The molecule has 0 saturated heterocycles. The van der Waals surface area contributed by atoms with Crippen LogP contribution in [0.15, 0.2) is 36.4 Å². The maximum absolute atomic E-state index is 13.5. The van der Waals surface area contributed by atoms with Crippen LogP contribution >= 0.6 is 23.2 Å². The summed E-state index contributed by atoms with van der Waals surface area (Å²) in [6, 6.07) is 7.99. The summed E-state index contributed by atoms with van der Waals surface area (Å²) < 4.78 is 26.6. The molecule has 0 aliphatic rings. The SMILES string of the molecule is OC(c1cc(Cl)cc(Cl)c1)c1cccc(F)c1F. The Bertz CT molecular complexity index is 567. The Hall–Kier alpha value is -1.16. The second-order valence-corrected chi connectivity index (χ2v) is 4.62. The molecule has 5 heteroatoms. The van der Waals surface area contributed by atoms with Gasteiger partial charge in [0.2, 0.25) is 0 Å². The van der Waals surface area contributed by atoms with Crippen molar-refractivity contribution in [3.8, 4) is 0 Å². The van der Waals surface area contributed by atoms with Crippen molar-refractivity contribution in [3.63, 3.8) is 0 Å². The van der Waals surface area contributed by atoms with Crippen LogP contribution < -0.4 is 0 Å². The predicted octanol–water partition coefficient (Wildman–Crippen LogP) is 4.35. The van der Waals surface area contributed by atoms with E-state index in [2.05, 4.69) is 0 Å². The van der Waals surface area contributed by atoms with Gasteiger partial charge in [-0.3, -0.25) is 0 Å². The lowest BCUT2D eigenvalue weighted by Crippen LogP contribution is -2.04. The van der Waals surface area contributed by atoms with E-state index in [9.17, 15) is 13.9 Å². The number of hydrogen-bond donors (Lipinski definition) is 1. The van der Waals surface area contributed by atoms with Crippen molar-refractivity contribution in [3.05, 3.63) is 69.2 Å². The third-order valence-electron chi connectivity index (χ3n) is 2.48. The average Bonchev–Trinajstić information content (AvgIpc) is 2.30. The van der Waals surface area contributed by atoms with Gasteiger partial charge in [0, 0.05) is 15.6 Å². The fraction of sp³-hybridized carbons (Fsp3) is 0.0769. The fourth-order valence-electron chi connectivity index (χ4n) is 1.64. The van der Waals surface area contributed by atoms with E-state index in [1.165, 1.54) is 30.3 Å². The molecule has 2 aromatic rings. The first-order valence-electron chi connectivity index (χ1n) is 5.07. The van der Waals surface area contributed by atoms with Gasteiger partial charge in [0.1, 0.15) is 6.10 Å². The van der Waals surface area contributed by atoms with Gasteiger partial charge in [0.25, 0.3) is 0 Å². The quantitative estimate of drug-likeness (QED) is 0.871. The Labute approximate surface area is 113 Å². The number of halogens is 4. The molecule has 2 aromatic carbocycles. The molecule has 1 atom stereocenters. The zero-order valence-corrected chi connectivity index (χ0v) is 10.5. The molecule has 0 aromatic heterocycles. The predicted molar refractivity (Wildman–Crippen MR) is 66.9 cm³/mol. The summed E-state index contributed by atoms with van der Waals surface area (Å²) in [7, 11) is 0. The van der Waals surface area contributed by atoms with Gasteiger partial charge in [0.15, 0.2) is 11.6 Å². The molecule has 0 fully saturated rings. The highest BCUT2D eigenvalue weighted by molar-refractivity contribution is 6.34. The van der Waals surface area contributed by atoms with E-state index in [4.69, 9.17) is 23.2 Å². The van der Waals surface area contributed by atoms with Gasteiger partial charge in [-0.1, -0.05) is 35.3 Å². The molecule has 0 heterocycles. The summed E-state index contributed by atoms with van der Waals surface area (Å²) >= 11 is 11.6. The maximum atomic E-state index is 13.5. The van der Waals surface area contributed by atoms with Gasteiger partial charge in [-0.05, 0) is 29.8 Å². The van der Waals surface area contributed by atoms with Crippen LogP contribution in [0.2, 0.25) is 10.0 Å². The molecular formula is C13H8Cl2F2O. The Morgan fingerprint density at radius 2 is 1.61 bits per heavy atom. The molecule has 0 saturated carbocycles. The Kier molecular flexibility index (Phi) is 3.85. The van der Waals surface area contributed by atoms with Crippen molar-refractivity contribution >= 4 is 23.2 Å². The number of rotatable bonds is 2. The van der Waals surface area contributed by atoms with Crippen LogP contribution in [0.25, 0.3) is 0 Å². The minimum Gasteiger partial charge on any atom is -0.384 e. The van der Waals surface area contributed by atoms with Crippen LogP contribution in [0.3, 0.4) is 0 Å². The highest BCUT2D eigenvalue weighted by atomic mass is 35.5. The van der Waals surface area contributed by atoms with E-state index < -0.39 is 17.7 Å². The first kappa shape index (κ1) is 13.3. The number of hydrogen-bond acceptors (Lipinski definition) is 1.